The van der Waals surface area contributed by atoms with Crippen LogP contribution in [0, 0.1) is 5.92 Å². The molecule has 3 nitrogen and oxygen atoms in total. The van der Waals surface area contributed by atoms with Gasteiger partial charge in [0.1, 0.15) is 0 Å². The Morgan fingerprint density at radius 2 is 1.86 bits per heavy atom. The summed E-state index contributed by atoms with van der Waals surface area (Å²) in [5.41, 5.74) is 1.28. The minimum absolute atomic E-state index is 0.299. The Hall–Kier alpha value is -1.35. The SMILES string of the molecule is CCCC1CCN(C(=O)CN(CC)Cc2ccccc2)CC1. The third-order valence-electron chi connectivity index (χ3n) is 4.72. The van der Waals surface area contributed by atoms with Gasteiger partial charge in [-0.1, -0.05) is 57.0 Å². The second-order valence-corrected chi connectivity index (χ2v) is 6.40. The van der Waals surface area contributed by atoms with Crippen molar-refractivity contribution in [3.05, 3.63) is 35.9 Å². The van der Waals surface area contributed by atoms with Crippen molar-refractivity contribution in [1.82, 2.24) is 9.80 Å². The van der Waals surface area contributed by atoms with E-state index in [0.717, 1.165) is 32.1 Å². The molecule has 1 aromatic rings. The molecule has 1 saturated heterocycles. The monoisotopic (exact) mass is 302 g/mol. The molecule has 0 aromatic heterocycles. The smallest absolute Gasteiger partial charge is 0.236 e. The molecule has 0 aliphatic carbocycles. The summed E-state index contributed by atoms with van der Waals surface area (Å²) < 4.78 is 0. The van der Waals surface area contributed by atoms with Crippen molar-refractivity contribution in [2.45, 2.75) is 46.1 Å². The number of piperidine rings is 1. The number of likely N-dealkylation sites (N-methyl/N-ethyl adjacent to an activating group) is 1. The number of benzene rings is 1. The molecule has 0 atom stereocenters. The molecule has 0 spiro atoms. The van der Waals surface area contributed by atoms with Crippen molar-refractivity contribution in [2.24, 2.45) is 5.92 Å². The van der Waals surface area contributed by atoms with Crippen LogP contribution in [0.5, 0.6) is 0 Å². The van der Waals surface area contributed by atoms with E-state index in [1.807, 2.05) is 6.07 Å². The Morgan fingerprint density at radius 3 is 2.45 bits per heavy atom. The molecule has 1 heterocycles. The van der Waals surface area contributed by atoms with Gasteiger partial charge < -0.3 is 4.90 Å². The zero-order valence-electron chi connectivity index (χ0n) is 14.1. The van der Waals surface area contributed by atoms with Gasteiger partial charge in [0.2, 0.25) is 5.91 Å². The molecule has 0 unspecified atom stereocenters. The number of rotatable bonds is 7. The number of hydrogen-bond acceptors (Lipinski definition) is 2. The average molecular weight is 302 g/mol. The highest BCUT2D eigenvalue weighted by atomic mass is 16.2. The van der Waals surface area contributed by atoms with E-state index in [9.17, 15) is 4.79 Å². The summed E-state index contributed by atoms with van der Waals surface area (Å²) in [4.78, 5) is 16.8. The topological polar surface area (TPSA) is 23.6 Å². The van der Waals surface area contributed by atoms with Gasteiger partial charge in [0.25, 0.3) is 0 Å². The number of carbonyl (C=O) groups excluding carboxylic acids is 1. The Balaban J connectivity index is 1.80. The van der Waals surface area contributed by atoms with E-state index >= 15 is 0 Å². The van der Waals surface area contributed by atoms with Crippen molar-refractivity contribution >= 4 is 5.91 Å². The number of nitrogens with zero attached hydrogens (tertiary/aromatic N) is 2. The van der Waals surface area contributed by atoms with Crippen LogP contribution in [0.3, 0.4) is 0 Å². The van der Waals surface area contributed by atoms with E-state index in [0.29, 0.717) is 12.5 Å². The van der Waals surface area contributed by atoms with Gasteiger partial charge in [0.05, 0.1) is 6.54 Å². The van der Waals surface area contributed by atoms with Crippen LogP contribution in [-0.4, -0.2) is 41.9 Å². The lowest BCUT2D eigenvalue weighted by atomic mass is 9.92. The third-order valence-corrected chi connectivity index (χ3v) is 4.72. The predicted octanol–water partition coefficient (Wildman–Crippen LogP) is 3.55. The van der Waals surface area contributed by atoms with E-state index in [1.54, 1.807) is 0 Å². The fourth-order valence-electron chi connectivity index (χ4n) is 3.29. The minimum atomic E-state index is 0.299. The van der Waals surface area contributed by atoms with Crippen molar-refractivity contribution in [3.8, 4) is 0 Å². The molecule has 1 aliphatic heterocycles. The van der Waals surface area contributed by atoms with Gasteiger partial charge in [-0.25, -0.2) is 0 Å². The summed E-state index contributed by atoms with van der Waals surface area (Å²) in [5, 5.41) is 0. The summed E-state index contributed by atoms with van der Waals surface area (Å²) in [6, 6.07) is 10.4. The Morgan fingerprint density at radius 1 is 1.18 bits per heavy atom. The molecule has 2 rings (SSSR count). The van der Waals surface area contributed by atoms with Crippen molar-refractivity contribution < 1.29 is 4.79 Å². The van der Waals surface area contributed by atoms with E-state index in [-0.39, 0.29) is 0 Å². The van der Waals surface area contributed by atoms with Gasteiger partial charge in [-0.15, -0.1) is 0 Å². The first kappa shape index (κ1) is 17.0. The molecule has 1 aromatic carbocycles. The van der Waals surface area contributed by atoms with Crippen molar-refractivity contribution in [1.29, 1.82) is 0 Å². The number of hydrogen-bond donors (Lipinski definition) is 0. The lowest BCUT2D eigenvalue weighted by Gasteiger charge is -2.33. The quantitative estimate of drug-likeness (QED) is 0.769. The third kappa shape index (κ3) is 5.13. The highest BCUT2D eigenvalue weighted by molar-refractivity contribution is 5.78. The molecular weight excluding hydrogens is 272 g/mol. The first-order valence-electron chi connectivity index (χ1n) is 8.77. The van der Waals surface area contributed by atoms with Gasteiger partial charge in [0, 0.05) is 19.6 Å². The van der Waals surface area contributed by atoms with Gasteiger partial charge in [-0.2, -0.15) is 0 Å². The number of likely N-dealkylation sites (tertiary alicyclic amines) is 1. The van der Waals surface area contributed by atoms with Crippen LogP contribution in [0.1, 0.15) is 45.1 Å². The highest BCUT2D eigenvalue weighted by Gasteiger charge is 2.23. The molecule has 1 fully saturated rings. The summed E-state index contributed by atoms with van der Waals surface area (Å²) >= 11 is 0. The Bertz CT molecular complexity index is 438. The van der Waals surface area contributed by atoms with Gasteiger partial charge in [0.15, 0.2) is 0 Å². The van der Waals surface area contributed by atoms with Crippen LogP contribution >= 0.6 is 0 Å². The van der Waals surface area contributed by atoms with E-state index < -0.39 is 0 Å². The number of carbonyl (C=O) groups is 1. The van der Waals surface area contributed by atoms with Crippen LogP contribution in [-0.2, 0) is 11.3 Å². The van der Waals surface area contributed by atoms with Crippen LogP contribution in [0.4, 0.5) is 0 Å². The summed E-state index contributed by atoms with van der Waals surface area (Å²) in [6.45, 7) is 8.59. The summed E-state index contributed by atoms with van der Waals surface area (Å²) in [6.07, 6.45) is 4.95. The fraction of sp³-hybridized carbons (Fsp3) is 0.632. The van der Waals surface area contributed by atoms with Gasteiger partial charge >= 0.3 is 0 Å². The summed E-state index contributed by atoms with van der Waals surface area (Å²) in [5.74, 6) is 1.13. The molecule has 0 N–H and O–H groups in total. The first-order chi connectivity index (χ1) is 10.7. The normalized spacial score (nSPS) is 16.2. The van der Waals surface area contributed by atoms with Crippen LogP contribution < -0.4 is 0 Å². The molecule has 0 radical (unpaired) electrons. The van der Waals surface area contributed by atoms with Crippen molar-refractivity contribution in [3.63, 3.8) is 0 Å². The van der Waals surface area contributed by atoms with E-state index in [1.165, 1.54) is 31.2 Å². The summed E-state index contributed by atoms with van der Waals surface area (Å²) in [7, 11) is 0. The first-order valence-corrected chi connectivity index (χ1v) is 8.77. The van der Waals surface area contributed by atoms with Gasteiger partial charge in [-0.3, -0.25) is 9.69 Å². The van der Waals surface area contributed by atoms with Crippen molar-refractivity contribution in [2.75, 3.05) is 26.2 Å². The molecule has 1 aliphatic rings. The molecule has 122 valence electrons. The zero-order valence-corrected chi connectivity index (χ0v) is 14.1. The fourth-order valence-corrected chi connectivity index (χ4v) is 3.29. The maximum atomic E-state index is 12.5. The highest BCUT2D eigenvalue weighted by Crippen LogP contribution is 2.21. The van der Waals surface area contributed by atoms with E-state index in [2.05, 4.69) is 47.9 Å². The molecule has 1 amide bonds. The lowest BCUT2D eigenvalue weighted by molar-refractivity contribution is -0.133. The minimum Gasteiger partial charge on any atom is -0.342 e. The maximum Gasteiger partial charge on any atom is 0.236 e. The Labute approximate surface area is 135 Å². The predicted molar refractivity (Wildman–Crippen MR) is 91.6 cm³/mol. The van der Waals surface area contributed by atoms with E-state index in [4.69, 9.17) is 0 Å². The largest absolute Gasteiger partial charge is 0.342 e. The zero-order chi connectivity index (χ0) is 15.8. The molecule has 3 heteroatoms. The van der Waals surface area contributed by atoms with Crippen LogP contribution in [0.2, 0.25) is 0 Å². The second-order valence-electron chi connectivity index (χ2n) is 6.40. The average Bonchev–Trinajstić information content (AvgIpc) is 2.56. The number of amides is 1. The molecular formula is C19H30N2O. The van der Waals surface area contributed by atoms with Crippen LogP contribution in [0.15, 0.2) is 30.3 Å². The van der Waals surface area contributed by atoms with Crippen LogP contribution in [0.25, 0.3) is 0 Å². The van der Waals surface area contributed by atoms with Gasteiger partial charge in [-0.05, 0) is 30.9 Å². The maximum absolute atomic E-state index is 12.5. The second kappa shape index (κ2) is 8.94. The molecule has 0 saturated carbocycles. The Kier molecular flexibility index (Phi) is 6.91. The standard InChI is InChI=1S/C19H30N2O/c1-3-8-17-11-13-21(14-12-17)19(22)16-20(4-2)15-18-9-6-5-7-10-18/h5-7,9-10,17H,3-4,8,11-16H2,1-2H3. The molecule has 0 bridgehead atoms. The molecule has 22 heavy (non-hydrogen) atoms. The lowest BCUT2D eigenvalue weighted by Crippen LogP contribution is -2.44.